The van der Waals surface area contributed by atoms with Gasteiger partial charge in [0.2, 0.25) is 5.91 Å². The molecule has 8 heteroatoms. The van der Waals surface area contributed by atoms with E-state index in [0.717, 1.165) is 5.56 Å². The maximum absolute atomic E-state index is 12.0. The first-order valence-corrected chi connectivity index (χ1v) is 8.29. The number of halogens is 1. The molecule has 0 aliphatic heterocycles. The molecule has 7 nitrogen and oxygen atoms in total. The lowest BCUT2D eigenvalue weighted by Gasteiger charge is -2.20. The highest BCUT2D eigenvalue weighted by molar-refractivity contribution is 6.30. The summed E-state index contributed by atoms with van der Waals surface area (Å²) in [6.45, 7) is 1.64. The minimum atomic E-state index is -0.973. The molecular weight excluding hydrogens is 358 g/mol. The third-order valence-electron chi connectivity index (χ3n) is 3.55. The van der Waals surface area contributed by atoms with Crippen LogP contribution in [0, 0.1) is 0 Å². The second kappa shape index (κ2) is 9.07. The van der Waals surface area contributed by atoms with E-state index in [9.17, 15) is 14.8 Å². The van der Waals surface area contributed by atoms with Gasteiger partial charge in [-0.2, -0.15) is 0 Å². The van der Waals surface area contributed by atoms with Crippen molar-refractivity contribution in [3.8, 4) is 11.5 Å². The van der Waals surface area contributed by atoms with Crippen LogP contribution in [0.2, 0.25) is 5.02 Å². The van der Waals surface area contributed by atoms with Crippen LogP contribution in [0.1, 0.15) is 12.5 Å². The van der Waals surface area contributed by atoms with Crippen molar-refractivity contribution >= 4 is 23.5 Å². The minimum Gasteiger partial charge on any atom is -0.457 e. The molecule has 0 bridgehead atoms. The van der Waals surface area contributed by atoms with E-state index in [2.05, 4.69) is 5.32 Å². The maximum Gasteiger partial charge on any atom is 0.338 e. The highest BCUT2D eigenvalue weighted by Crippen LogP contribution is 2.23. The molecule has 4 N–H and O–H groups in total. The van der Waals surface area contributed by atoms with E-state index < -0.39 is 12.1 Å². The van der Waals surface area contributed by atoms with Crippen molar-refractivity contribution in [2.75, 3.05) is 6.54 Å². The van der Waals surface area contributed by atoms with E-state index in [-0.39, 0.29) is 18.9 Å². The van der Waals surface area contributed by atoms with E-state index >= 15 is 0 Å². The van der Waals surface area contributed by atoms with Crippen LogP contribution in [0.25, 0.3) is 0 Å². The van der Waals surface area contributed by atoms with Gasteiger partial charge in [-0.05, 0) is 48.9 Å². The van der Waals surface area contributed by atoms with Gasteiger partial charge in [0.05, 0.1) is 12.5 Å². The molecule has 0 fully saturated rings. The predicted octanol–water partition coefficient (Wildman–Crippen LogP) is 2.95. The lowest BCUT2D eigenvalue weighted by Crippen LogP contribution is -2.45. The molecule has 26 heavy (non-hydrogen) atoms. The Morgan fingerprint density at radius 1 is 1.23 bits per heavy atom. The summed E-state index contributed by atoms with van der Waals surface area (Å²) < 4.78 is 5.73. The fourth-order valence-electron chi connectivity index (χ4n) is 2.17. The second-order valence-electron chi connectivity index (χ2n) is 5.72. The summed E-state index contributed by atoms with van der Waals surface area (Å²) >= 11 is 5.84. The number of hydrogen-bond acceptors (Lipinski definition) is 4. The van der Waals surface area contributed by atoms with Crippen LogP contribution in [0.15, 0.2) is 48.5 Å². The van der Waals surface area contributed by atoms with Crippen molar-refractivity contribution in [2.24, 2.45) is 5.73 Å². The number of carbonyl (C=O) groups is 2. The number of hydrogen-bond donors (Lipinski definition) is 3. The number of nitrogens with two attached hydrogens (primary N) is 1. The van der Waals surface area contributed by atoms with Crippen molar-refractivity contribution in [3.63, 3.8) is 0 Å². The molecule has 2 aromatic carbocycles. The van der Waals surface area contributed by atoms with E-state index in [1.807, 2.05) is 0 Å². The SMILES string of the molecule is CC(CNC(=O)Cc1cccc(Oc2ccc(Cl)cc2)c1)N(O)C(N)=O. The summed E-state index contributed by atoms with van der Waals surface area (Å²) in [6, 6.07) is 12.5. The van der Waals surface area contributed by atoms with Gasteiger partial charge in [0, 0.05) is 11.6 Å². The van der Waals surface area contributed by atoms with Gasteiger partial charge in [-0.25, -0.2) is 9.86 Å². The standard InChI is InChI=1S/C18H20ClN3O4/c1-12(22(25)18(20)24)11-21-17(23)10-13-3-2-4-16(9-13)26-15-7-5-14(19)6-8-15/h2-9,12,25H,10-11H2,1H3,(H2,20,24)(H,21,23). The number of primary amides is 1. The van der Waals surface area contributed by atoms with E-state index in [1.54, 1.807) is 55.5 Å². The first-order valence-electron chi connectivity index (χ1n) is 7.91. The van der Waals surface area contributed by atoms with Gasteiger partial charge < -0.3 is 15.8 Å². The molecule has 138 valence electrons. The Hall–Kier alpha value is -2.77. The Morgan fingerprint density at radius 3 is 2.58 bits per heavy atom. The van der Waals surface area contributed by atoms with Gasteiger partial charge in [0.25, 0.3) is 0 Å². The molecule has 0 heterocycles. The van der Waals surface area contributed by atoms with Crippen molar-refractivity contribution in [1.29, 1.82) is 0 Å². The summed E-state index contributed by atoms with van der Waals surface area (Å²) in [7, 11) is 0. The highest BCUT2D eigenvalue weighted by atomic mass is 35.5. The van der Waals surface area contributed by atoms with Crippen molar-refractivity contribution in [2.45, 2.75) is 19.4 Å². The van der Waals surface area contributed by atoms with Crippen molar-refractivity contribution < 1.29 is 19.5 Å². The van der Waals surface area contributed by atoms with Crippen molar-refractivity contribution in [1.82, 2.24) is 10.4 Å². The molecule has 0 aliphatic rings. The molecule has 0 saturated carbocycles. The van der Waals surface area contributed by atoms with Crippen LogP contribution in [-0.4, -0.2) is 34.8 Å². The average Bonchev–Trinajstić information content (AvgIpc) is 2.61. The van der Waals surface area contributed by atoms with Gasteiger partial charge in [-0.1, -0.05) is 23.7 Å². The molecule has 2 rings (SSSR count). The molecule has 0 aliphatic carbocycles. The molecular formula is C18H20ClN3O4. The fraction of sp³-hybridized carbons (Fsp3) is 0.222. The van der Waals surface area contributed by atoms with Crippen LogP contribution in [0.4, 0.5) is 4.79 Å². The number of benzene rings is 2. The van der Waals surface area contributed by atoms with Crippen LogP contribution in [0.3, 0.4) is 0 Å². The molecule has 0 radical (unpaired) electrons. The molecule has 1 atom stereocenters. The number of nitrogens with zero attached hydrogens (tertiary/aromatic N) is 1. The largest absolute Gasteiger partial charge is 0.457 e. The van der Waals surface area contributed by atoms with E-state index in [1.165, 1.54) is 0 Å². The number of hydroxylamine groups is 2. The lowest BCUT2D eigenvalue weighted by atomic mass is 10.1. The third-order valence-corrected chi connectivity index (χ3v) is 3.80. The Kier molecular flexibility index (Phi) is 6.82. The molecule has 0 aromatic heterocycles. The van der Waals surface area contributed by atoms with Gasteiger partial charge in [0.15, 0.2) is 0 Å². The van der Waals surface area contributed by atoms with Gasteiger partial charge >= 0.3 is 6.03 Å². The maximum atomic E-state index is 12.0. The molecule has 0 saturated heterocycles. The van der Waals surface area contributed by atoms with Crippen LogP contribution in [-0.2, 0) is 11.2 Å². The number of urea groups is 1. The number of carbonyl (C=O) groups excluding carboxylic acids is 2. The Balaban J connectivity index is 1.90. The summed E-state index contributed by atoms with van der Waals surface area (Å²) in [5, 5.41) is 13.0. The zero-order chi connectivity index (χ0) is 19.1. The first-order chi connectivity index (χ1) is 12.3. The second-order valence-corrected chi connectivity index (χ2v) is 6.15. The van der Waals surface area contributed by atoms with Gasteiger partial charge in [-0.3, -0.25) is 10.0 Å². The Labute approximate surface area is 156 Å². The van der Waals surface area contributed by atoms with Gasteiger partial charge in [-0.15, -0.1) is 0 Å². The third kappa shape index (κ3) is 5.94. The Bertz CT molecular complexity index is 767. The molecule has 3 amide bonds. The first kappa shape index (κ1) is 19.6. The Morgan fingerprint density at radius 2 is 1.92 bits per heavy atom. The summed E-state index contributed by atoms with van der Waals surface area (Å²) in [6.07, 6.45) is 0.131. The number of rotatable bonds is 7. The predicted molar refractivity (Wildman–Crippen MR) is 97.4 cm³/mol. The summed E-state index contributed by atoms with van der Waals surface area (Å²) in [5.74, 6) is 0.985. The smallest absolute Gasteiger partial charge is 0.338 e. The fourth-order valence-corrected chi connectivity index (χ4v) is 2.30. The minimum absolute atomic E-state index is 0.0826. The average molecular weight is 378 g/mol. The van der Waals surface area contributed by atoms with E-state index in [4.69, 9.17) is 22.1 Å². The number of ether oxygens (including phenoxy) is 1. The van der Waals surface area contributed by atoms with Gasteiger partial charge in [0.1, 0.15) is 11.5 Å². The summed E-state index contributed by atoms with van der Waals surface area (Å²) in [4.78, 5) is 22.9. The number of nitrogens with one attached hydrogen (secondary N) is 1. The van der Waals surface area contributed by atoms with E-state index in [0.29, 0.717) is 21.6 Å². The zero-order valence-corrected chi connectivity index (χ0v) is 14.9. The summed E-state index contributed by atoms with van der Waals surface area (Å²) in [5.41, 5.74) is 5.72. The van der Waals surface area contributed by atoms with Crippen LogP contribution >= 0.6 is 11.6 Å². The normalized spacial score (nSPS) is 11.5. The zero-order valence-electron chi connectivity index (χ0n) is 14.2. The topological polar surface area (TPSA) is 105 Å². The lowest BCUT2D eigenvalue weighted by molar-refractivity contribution is -0.121. The van der Waals surface area contributed by atoms with Crippen LogP contribution in [0.5, 0.6) is 11.5 Å². The quantitative estimate of drug-likeness (QED) is 0.509. The number of amides is 3. The monoisotopic (exact) mass is 377 g/mol. The van der Waals surface area contributed by atoms with Crippen LogP contribution < -0.4 is 15.8 Å². The van der Waals surface area contributed by atoms with Crippen molar-refractivity contribution in [3.05, 3.63) is 59.1 Å². The highest BCUT2D eigenvalue weighted by Gasteiger charge is 2.16. The molecule has 0 spiro atoms. The molecule has 1 unspecified atom stereocenters. The molecule has 2 aromatic rings.